The molecule has 2 aliphatic rings. The van der Waals surface area contributed by atoms with Crippen LogP contribution in [0.15, 0.2) is 53.6 Å². The molecule has 1 unspecified atom stereocenters. The van der Waals surface area contributed by atoms with Crippen molar-refractivity contribution in [3.05, 3.63) is 59.9 Å². The van der Waals surface area contributed by atoms with Gasteiger partial charge in [0, 0.05) is 18.2 Å². The molecule has 2 aromatic heterocycles. The maximum atomic E-state index is 12.5. The molecule has 3 heterocycles. The second-order valence-corrected chi connectivity index (χ2v) is 9.71. The molecule has 146 valence electrons. The average Bonchev–Trinajstić information content (AvgIpc) is 3.30. The Balaban J connectivity index is 1.50. The van der Waals surface area contributed by atoms with Gasteiger partial charge in [0.15, 0.2) is 9.84 Å². The lowest BCUT2D eigenvalue weighted by atomic mass is 10.1. The molecule has 1 aliphatic carbocycles. The predicted octanol–water partition coefficient (Wildman–Crippen LogP) is 3.39. The van der Waals surface area contributed by atoms with Gasteiger partial charge in [0.05, 0.1) is 28.6 Å². The highest BCUT2D eigenvalue weighted by Crippen LogP contribution is 2.35. The molecule has 1 aromatic carbocycles. The number of pyridine rings is 1. The van der Waals surface area contributed by atoms with E-state index in [1.54, 1.807) is 18.3 Å². The quantitative estimate of drug-likeness (QED) is 0.688. The molecule has 2 atom stereocenters. The summed E-state index contributed by atoms with van der Waals surface area (Å²) in [4.78, 5) is 8.10. The predicted molar refractivity (Wildman–Crippen MR) is 105 cm³/mol. The lowest BCUT2D eigenvalue weighted by molar-refractivity contribution is 0.00134. The van der Waals surface area contributed by atoms with Crippen LogP contribution in [-0.4, -0.2) is 43.0 Å². The lowest BCUT2D eigenvalue weighted by Crippen LogP contribution is -2.18. The number of aromatic amines is 1. The molecule has 3 aromatic rings. The first-order chi connectivity index (χ1) is 13.6. The Morgan fingerprint density at radius 3 is 2.64 bits per heavy atom. The second-order valence-electron chi connectivity index (χ2n) is 7.48. The van der Waals surface area contributed by atoms with Crippen LogP contribution in [0.1, 0.15) is 36.6 Å². The highest BCUT2D eigenvalue weighted by Gasteiger charge is 2.37. The lowest BCUT2D eigenvalue weighted by Gasteiger charge is -2.21. The highest BCUT2D eigenvalue weighted by atomic mass is 32.2. The van der Waals surface area contributed by atoms with Gasteiger partial charge in [-0.15, -0.1) is 0 Å². The molecular weight excluding hydrogens is 376 g/mol. The number of hydrogen-bond acceptors (Lipinski definition) is 5. The van der Waals surface area contributed by atoms with Crippen LogP contribution < -0.4 is 0 Å². The maximum Gasteiger partial charge on any atom is 0.181 e. The summed E-state index contributed by atoms with van der Waals surface area (Å²) in [5.41, 5.74) is 2.62. The summed E-state index contributed by atoms with van der Waals surface area (Å²) in [6.45, 7) is 1.27. The van der Waals surface area contributed by atoms with Gasteiger partial charge in [-0.2, -0.15) is 0 Å². The molecule has 0 amide bonds. The number of hydrogen-bond donors (Lipinski definition) is 1. The topological polar surface area (TPSA) is 81.3 Å². The largest absolute Gasteiger partial charge is 0.379 e. The van der Waals surface area contributed by atoms with Gasteiger partial charge in [-0.1, -0.05) is 12.1 Å². The molecule has 1 N–H and O–H groups in total. The summed E-state index contributed by atoms with van der Waals surface area (Å²) < 4.78 is 36.8. The Morgan fingerprint density at radius 1 is 1.14 bits per heavy atom. The van der Waals surface area contributed by atoms with Crippen molar-refractivity contribution in [1.29, 1.82) is 0 Å². The Labute approximate surface area is 163 Å². The molecule has 2 fully saturated rings. The fraction of sp³-hybridized carbons (Fsp3) is 0.381. The van der Waals surface area contributed by atoms with Crippen LogP contribution in [0.2, 0.25) is 0 Å². The monoisotopic (exact) mass is 398 g/mol. The van der Waals surface area contributed by atoms with Crippen LogP contribution in [0.25, 0.3) is 11.0 Å². The third kappa shape index (κ3) is 3.34. The second kappa shape index (κ2) is 6.99. The normalized spacial score (nSPS) is 21.2. The Morgan fingerprint density at radius 2 is 1.96 bits per heavy atom. The van der Waals surface area contributed by atoms with Gasteiger partial charge in [0.2, 0.25) is 0 Å². The minimum Gasteiger partial charge on any atom is -0.379 e. The standard InChI is InChI=1S/C21H22N2O4S/c24-28(25,18-7-8-18)17-5-3-14(4-6-17)20(27-16-9-11-26-13-16)19-12-15-2-1-10-22-21(15)23-19/h1-6,10,12,16,18,20H,7-9,11,13H2,(H,22,23)/t16-,20?/m1/s1. The number of benzene rings is 1. The van der Waals surface area contributed by atoms with Gasteiger partial charge < -0.3 is 14.5 Å². The first-order valence-electron chi connectivity index (χ1n) is 9.62. The van der Waals surface area contributed by atoms with Crippen LogP contribution in [0.3, 0.4) is 0 Å². The van der Waals surface area contributed by atoms with Crippen LogP contribution in [0.5, 0.6) is 0 Å². The van der Waals surface area contributed by atoms with Crippen molar-refractivity contribution in [2.24, 2.45) is 0 Å². The van der Waals surface area contributed by atoms with E-state index in [-0.39, 0.29) is 17.5 Å². The van der Waals surface area contributed by atoms with Crippen molar-refractivity contribution in [3.8, 4) is 0 Å². The van der Waals surface area contributed by atoms with E-state index in [4.69, 9.17) is 9.47 Å². The molecule has 28 heavy (non-hydrogen) atoms. The summed E-state index contributed by atoms with van der Waals surface area (Å²) in [5, 5.41) is 0.808. The van der Waals surface area contributed by atoms with E-state index in [0.29, 0.717) is 18.1 Å². The van der Waals surface area contributed by atoms with Crippen LogP contribution in [0, 0.1) is 0 Å². The Kier molecular flexibility index (Phi) is 4.45. The zero-order valence-corrected chi connectivity index (χ0v) is 16.2. The number of rotatable bonds is 6. The molecule has 0 radical (unpaired) electrons. The molecule has 1 saturated carbocycles. The maximum absolute atomic E-state index is 12.5. The van der Waals surface area contributed by atoms with Gasteiger partial charge in [-0.3, -0.25) is 0 Å². The molecule has 0 bridgehead atoms. The smallest absolute Gasteiger partial charge is 0.181 e. The highest BCUT2D eigenvalue weighted by molar-refractivity contribution is 7.92. The van der Waals surface area contributed by atoms with Crippen molar-refractivity contribution >= 4 is 20.9 Å². The van der Waals surface area contributed by atoms with Crippen LogP contribution >= 0.6 is 0 Å². The van der Waals surface area contributed by atoms with Crippen molar-refractivity contribution in [2.45, 2.75) is 41.6 Å². The van der Waals surface area contributed by atoms with Crippen molar-refractivity contribution < 1.29 is 17.9 Å². The fourth-order valence-electron chi connectivity index (χ4n) is 3.67. The van der Waals surface area contributed by atoms with E-state index in [1.165, 1.54) is 0 Å². The Bertz CT molecular complexity index is 1050. The minimum absolute atomic E-state index is 0.0132. The van der Waals surface area contributed by atoms with E-state index < -0.39 is 9.84 Å². The summed E-state index contributed by atoms with van der Waals surface area (Å²) in [6.07, 6.45) is 3.81. The SMILES string of the molecule is O=S(=O)(c1ccc(C(O[C@@H]2CCOC2)c2cc3cccnc3[nH]2)cc1)C1CC1. The van der Waals surface area contributed by atoms with E-state index in [0.717, 1.165) is 41.6 Å². The number of sulfone groups is 1. The number of nitrogens with zero attached hydrogens (tertiary/aromatic N) is 1. The molecule has 1 saturated heterocycles. The molecular formula is C21H22N2O4S. The first kappa shape index (κ1) is 17.8. The average molecular weight is 398 g/mol. The molecule has 7 heteroatoms. The van der Waals surface area contributed by atoms with Crippen molar-refractivity contribution in [2.75, 3.05) is 13.2 Å². The van der Waals surface area contributed by atoms with Gasteiger partial charge in [0.1, 0.15) is 11.8 Å². The zero-order chi connectivity index (χ0) is 19.1. The number of ether oxygens (including phenoxy) is 2. The minimum atomic E-state index is -3.19. The summed E-state index contributed by atoms with van der Waals surface area (Å²) in [6, 6.07) is 13.1. The van der Waals surface area contributed by atoms with Gasteiger partial charge in [0.25, 0.3) is 0 Å². The van der Waals surface area contributed by atoms with E-state index in [9.17, 15) is 8.42 Å². The van der Waals surface area contributed by atoms with E-state index in [1.807, 2.05) is 30.3 Å². The number of H-pyrrole nitrogens is 1. The first-order valence-corrected chi connectivity index (χ1v) is 11.2. The molecule has 0 spiro atoms. The Hall–Kier alpha value is -2.22. The number of nitrogens with one attached hydrogen (secondary N) is 1. The summed E-state index contributed by atoms with van der Waals surface area (Å²) in [5.74, 6) is 0. The molecule has 6 nitrogen and oxygen atoms in total. The van der Waals surface area contributed by atoms with Crippen LogP contribution in [-0.2, 0) is 19.3 Å². The van der Waals surface area contributed by atoms with E-state index in [2.05, 4.69) is 9.97 Å². The van der Waals surface area contributed by atoms with Gasteiger partial charge in [-0.25, -0.2) is 13.4 Å². The van der Waals surface area contributed by atoms with E-state index >= 15 is 0 Å². The third-order valence-electron chi connectivity index (χ3n) is 5.39. The molecule has 5 rings (SSSR count). The summed E-state index contributed by atoms with van der Waals surface area (Å²) in [7, 11) is -3.19. The molecule has 1 aliphatic heterocycles. The third-order valence-corrected chi connectivity index (χ3v) is 7.66. The van der Waals surface area contributed by atoms with Crippen molar-refractivity contribution in [3.63, 3.8) is 0 Å². The van der Waals surface area contributed by atoms with Crippen molar-refractivity contribution in [1.82, 2.24) is 9.97 Å². The summed E-state index contributed by atoms with van der Waals surface area (Å²) >= 11 is 0. The number of fused-ring (bicyclic) bond motifs is 1. The number of aromatic nitrogens is 2. The fourth-order valence-corrected chi connectivity index (χ4v) is 5.32. The zero-order valence-electron chi connectivity index (χ0n) is 15.4. The van der Waals surface area contributed by atoms with Gasteiger partial charge in [-0.05, 0) is 55.2 Å². The van der Waals surface area contributed by atoms with Crippen LogP contribution in [0.4, 0.5) is 0 Å². The van der Waals surface area contributed by atoms with Gasteiger partial charge >= 0.3 is 0 Å².